The van der Waals surface area contributed by atoms with Gasteiger partial charge < -0.3 is 20.0 Å². The maximum atomic E-state index is 12.3. The van der Waals surface area contributed by atoms with Gasteiger partial charge in [0, 0.05) is 18.2 Å². The van der Waals surface area contributed by atoms with E-state index in [-0.39, 0.29) is 24.5 Å². The van der Waals surface area contributed by atoms with E-state index in [4.69, 9.17) is 4.74 Å². The van der Waals surface area contributed by atoms with Crippen LogP contribution < -0.4 is 0 Å². The molecule has 1 N–H and O–H groups in total. The van der Waals surface area contributed by atoms with Crippen molar-refractivity contribution in [1.29, 1.82) is 0 Å². The van der Waals surface area contributed by atoms with E-state index in [0.717, 1.165) is 0 Å². The van der Waals surface area contributed by atoms with E-state index in [1.165, 1.54) is 28.9 Å². The molecule has 2 aromatic heterocycles. The molecule has 0 radical (unpaired) electrons. The van der Waals surface area contributed by atoms with Gasteiger partial charge in [0.05, 0.1) is 6.61 Å². The lowest BCUT2D eigenvalue weighted by molar-refractivity contribution is -0.391. The molecule has 24 heavy (non-hydrogen) atoms. The van der Waals surface area contributed by atoms with Crippen LogP contribution in [0.15, 0.2) is 11.6 Å². The van der Waals surface area contributed by atoms with Crippen molar-refractivity contribution in [3.05, 3.63) is 27.4 Å². The van der Waals surface area contributed by atoms with Crippen LogP contribution in [0.1, 0.15) is 32.4 Å². The molecule has 0 saturated heterocycles. The number of imidazole rings is 1. The summed E-state index contributed by atoms with van der Waals surface area (Å²) in [6.45, 7) is 3.23. The summed E-state index contributed by atoms with van der Waals surface area (Å²) in [7, 11) is 0. The van der Waals surface area contributed by atoms with Crippen molar-refractivity contribution in [3.8, 4) is 0 Å². The fraction of sp³-hybridized carbons (Fsp3) is 0.500. The number of nitrogens with zero attached hydrogens (tertiary/aromatic N) is 3. The van der Waals surface area contributed by atoms with E-state index < -0.39 is 28.7 Å². The molecule has 0 aliphatic carbocycles. The number of nitro groups is 1. The molecule has 0 spiro atoms. The highest BCUT2D eigenvalue weighted by Crippen LogP contribution is 2.28. The highest BCUT2D eigenvalue weighted by atomic mass is 32.1. The average Bonchev–Trinajstić information content (AvgIpc) is 3.07. The molecule has 0 aromatic carbocycles. The minimum Gasteiger partial charge on any atom is -0.464 e. The lowest BCUT2D eigenvalue weighted by Gasteiger charge is -2.23. The molecule has 0 aliphatic rings. The fourth-order valence-corrected chi connectivity index (χ4v) is 3.07. The van der Waals surface area contributed by atoms with Gasteiger partial charge in [0.1, 0.15) is 11.9 Å². The first-order valence-electron chi connectivity index (χ1n) is 7.36. The number of hydrogen-bond donors (Lipinski definition) is 1. The predicted octanol–water partition coefficient (Wildman–Crippen LogP) is 1.51. The van der Waals surface area contributed by atoms with Gasteiger partial charge in [0.2, 0.25) is 5.60 Å². The van der Waals surface area contributed by atoms with Crippen LogP contribution in [0, 0.1) is 10.1 Å². The number of fused-ring (bicyclic) bond motifs is 1. The number of carbonyl (C=O) groups is 2. The lowest BCUT2D eigenvalue weighted by atomic mass is 9.90. The van der Waals surface area contributed by atoms with E-state index in [1.54, 1.807) is 12.3 Å². The number of carbonyl (C=O) groups excluding carboxylic acids is 2. The summed E-state index contributed by atoms with van der Waals surface area (Å²) in [4.78, 5) is 39.5. The van der Waals surface area contributed by atoms with Crippen LogP contribution in [0.3, 0.4) is 0 Å². The summed E-state index contributed by atoms with van der Waals surface area (Å²) in [5, 5.41) is 23.6. The second kappa shape index (κ2) is 7.05. The SMILES string of the molecule is CCCC(=O)C(O)(Cc1nc2sccn2c1[N+](=O)[O-])C(=O)OCC. The summed E-state index contributed by atoms with van der Waals surface area (Å²) in [5.41, 5.74) is -2.62. The molecule has 1 unspecified atom stereocenters. The molecule has 0 aliphatic heterocycles. The van der Waals surface area contributed by atoms with Gasteiger partial charge in [0.15, 0.2) is 5.78 Å². The van der Waals surface area contributed by atoms with Crippen LogP contribution in [-0.2, 0) is 20.7 Å². The van der Waals surface area contributed by atoms with Gasteiger partial charge in [-0.2, -0.15) is 9.38 Å². The Balaban J connectivity index is 2.48. The molecule has 0 saturated carbocycles. The summed E-state index contributed by atoms with van der Waals surface area (Å²) in [6.07, 6.45) is 1.23. The zero-order valence-corrected chi connectivity index (χ0v) is 14.0. The summed E-state index contributed by atoms with van der Waals surface area (Å²) >= 11 is 1.17. The van der Waals surface area contributed by atoms with Crippen LogP contribution in [0.25, 0.3) is 4.96 Å². The normalized spacial score (nSPS) is 13.6. The summed E-state index contributed by atoms with van der Waals surface area (Å²) in [5.74, 6) is -2.23. The molecule has 10 heteroatoms. The molecule has 1 atom stereocenters. The molecule has 2 heterocycles. The van der Waals surface area contributed by atoms with Crippen LogP contribution >= 0.6 is 11.3 Å². The largest absolute Gasteiger partial charge is 0.464 e. The summed E-state index contributed by atoms with van der Waals surface area (Å²) in [6, 6.07) is 0. The Morgan fingerprint density at radius 3 is 2.79 bits per heavy atom. The average molecular weight is 355 g/mol. The Bertz CT molecular complexity index is 763. The number of ketones is 1. The highest BCUT2D eigenvalue weighted by molar-refractivity contribution is 7.15. The number of aliphatic hydroxyl groups is 1. The van der Waals surface area contributed by atoms with Crippen LogP contribution in [0.5, 0.6) is 0 Å². The van der Waals surface area contributed by atoms with Gasteiger partial charge in [-0.3, -0.25) is 4.79 Å². The van der Waals surface area contributed by atoms with Crippen molar-refractivity contribution in [3.63, 3.8) is 0 Å². The first kappa shape index (κ1) is 18.0. The van der Waals surface area contributed by atoms with E-state index in [1.807, 2.05) is 0 Å². The zero-order chi connectivity index (χ0) is 17.9. The molecular formula is C14H17N3O6S. The maximum Gasteiger partial charge on any atom is 0.351 e. The number of rotatable bonds is 8. The quantitative estimate of drug-likeness (QED) is 0.329. The third-order valence-corrected chi connectivity index (χ3v) is 4.21. The first-order chi connectivity index (χ1) is 11.3. The van der Waals surface area contributed by atoms with Crippen molar-refractivity contribution < 1.29 is 24.4 Å². The topological polar surface area (TPSA) is 124 Å². The highest BCUT2D eigenvalue weighted by Gasteiger charge is 2.47. The Labute approximate surface area is 141 Å². The molecule has 0 bridgehead atoms. The maximum absolute atomic E-state index is 12.3. The molecule has 0 fully saturated rings. The van der Waals surface area contributed by atoms with Crippen molar-refractivity contribution in [2.24, 2.45) is 0 Å². The van der Waals surface area contributed by atoms with E-state index >= 15 is 0 Å². The van der Waals surface area contributed by atoms with Gasteiger partial charge in [-0.25, -0.2) is 4.79 Å². The molecular weight excluding hydrogens is 338 g/mol. The van der Waals surface area contributed by atoms with E-state index in [0.29, 0.717) is 11.4 Å². The Kier molecular flexibility index (Phi) is 5.30. The molecule has 0 amide bonds. The standard InChI is InChI=1S/C14H17N3O6S/c1-3-5-10(18)14(20,12(19)23-4-2)8-9-11(17(21)22)16-6-7-24-13(16)15-9/h6-7,20H,3-5,8H2,1-2H3. The van der Waals surface area contributed by atoms with Crippen molar-refractivity contribution in [1.82, 2.24) is 9.38 Å². The molecule has 130 valence electrons. The van der Waals surface area contributed by atoms with Gasteiger partial charge in [-0.05, 0) is 18.3 Å². The van der Waals surface area contributed by atoms with Gasteiger partial charge >= 0.3 is 11.8 Å². The van der Waals surface area contributed by atoms with Crippen LogP contribution in [0.4, 0.5) is 5.82 Å². The van der Waals surface area contributed by atoms with E-state index in [2.05, 4.69) is 4.98 Å². The smallest absolute Gasteiger partial charge is 0.351 e. The third kappa shape index (κ3) is 3.15. The molecule has 2 rings (SSSR count). The molecule has 2 aromatic rings. The van der Waals surface area contributed by atoms with Gasteiger partial charge in [-0.1, -0.05) is 18.3 Å². The number of ether oxygens (including phenoxy) is 1. The zero-order valence-electron chi connectivity index (χ0n) is 13.2. The monoisotopic (exact) mass is 355 g/mol. The van der Waals surface area contributed by atoms with Gasteiger partial charge in [-0.15, -0.1) is 0 Å². The molecule has 9 nitrogen and oxygen atoms in total. The predicted molar refractivity (Wildman–Crippen MR) is 84.9 cm³/mol. The number of Topliss-reactive ketones (excluding diaryl/α,β-unsaturated/α-hetero) is 1. The third-order valence-electron chi connectivity index (χ3n) is 3.45. The number of aromatic nitrogens is 2. The number of hydrogen-bond acceptors (Lipinski definition) is 8. The van der Waals surface area contributed by atoms with E-state index in [9.17, 15) is 24.8 Å². The Morgan fingerprint density at radius 1 is 1.50 bits per heavy atom. The Morgan fingerprint density at radius 2 is 2.21 bits per heavy atom. The summed E-state index contributed by atoms with van der Waals surface area (Å²) < 4.78 is 6.04. The fourth-order valence-electron chi connectivity index (χ4n) is 2.34. The van der Waals surface area contributed by atoms with Gasteiger partial charge in [0.25, 0.3) is 4.96 Å². The Hall–Kier alpha value is -2.33. The minimum absolute atomic E-state index is 0.0269. The second-order valence-corrected chi connectivity index (χ2v) is 6.00. The second-order valence-electron chi connectivity index (χ2n) is 5.13. The van der Waals surface area contributed by atoms with Crippen LogP contribution in [-0.4, -0.2) is 43.4 Å². The van der Waals surface area contributed by atoms with Crippen molar-refractivity contribution in [2.75, 3.05) is 6.61 Å². The number of esters is 1. The van der Waals surface area contributed by atoms with Crippen LogP contribution in [0.2, 0.25) is 0 Å². The van der Waals surface area contributed by atoms with Crippen molar-refractivity contribution in [2.45, 2.75) is 38.7 Å². The van der Waals surface area contributed by atoms with Crippen molar-refractivity contribution >= 4 is 33.9 Å². The lowest BCUT2D eigenvalue weighted by Crippen LogP contribution is -2.49. The minimum atomic E-state index is -2.49. The number of thiazole rings is 1. The first-order valence-corrected chi connectivity index (χ1v) is 8.24.